The number of hydrogen-bond acceptors (Lipinski definition) is 6. The molecule has 1 heterocycles. The first-order valence-corrected chi connectivity index (χ1v) is 7.63. The van der Waals surface area contributed by atoms with Crippen molar-refractivity contribution in [2.75, 3.05) is 12.8 Å². The summed E-state index contributed by atoms with van der Waals surface area (Å²) in [5.41, 5.74) is 8.46. The monoisotopic (exact) mass is 346 g/mol. The van der Waals surface area contributed by atoms with Gasteiger partial charge in [-0.25, -0.2) is 4.98 Å². The quantitative estimate of drug-likeness (QED) is 0.567. The molecule has 0 saturated carbocycles. The van der Waals surface area contributed by atoms with Crippen LogP contribution in [0, 0.1) is 21.4 Å². The minimum absolute atomic E-state index is 0.0622. The fourth-order valence-corrected chi connectivity index (χ4v) is 2.61. The molecule has 0 amide bonds. The lowest BCUT2D eigenvalue weighted by atomic mass is 9.98. The fraction of sp³-hybridized carbons (Fsp3) is 0.0526. The van der Waals surface area contributed by atoms with Gasteiger partial charge in [0.15, 0.2) is 0 Å². The van der Waals surface area contributed by atoms with E-state index >= 15 is 0 Å². The number of benzene rings is 2. The number of nitro groups is 1. The maximum Gasteiger partial charge on any atom is 0.270 e. The summed E-state index contributed by atoms with van der Waals surface area (Å²) in [6.45, 7) is 0. The Kier molecular flexibility index (Phi) is 4.50. The lowest BCUT2D eigenvalue weighted by Crippen LogP contribution is -2.00. The van der Waals surface area contributed by atoms with Crippen molar-refractivity contribution in [2.24, 2.45) is 0 Å². The van der Waals surface area contributed by atoms with Crippen LogP contribution in [0.1, 0.15) is 5.56 Å². The molecule has 3 rings (SSSR count). The summed E-state index contributed by atoms with van der Waals surface area (Å²) in [6.07, 6.45) is 0. The van der Waals surface area contributed by atoms with Gasteiger partial charge in [0, 0.05) is 23.3 Å². The van der Waals surface area contributed by atoms with Gasteiger partial charge in [-0.1, -0.05) is 12.1 Å². The predicted molar refractivity (Wildman–Crippen MR) is 97.4 cm³/mol. The molecule has 128 valence electrons. The highest BCUT2D eigenvalue weighted by atomic mass is 16.6. The van der Waals surface area contributed by atoms with Crippen LogP contribution in [0.25, 0.3) is 22.4 Å². The van der Waals surface area contributed by atoms with Crippen molar-refractivity contribution in [2.45, 2.75) is 0 Å². The first kappa shape index (κ1) is 16.9. The molecule has 0 aliphatic rings. The number of nitriles is 1. The first-order valence-electron chi connectivity index (χ1n) is 7.63. The molecule has 0 fully saturated rings. The van der Waals surface area contributed by atoms with Gasteiger partial charge in [-0.15, -0.1) is 0 Å². The van der Waals surface area contributed by atoms with Gasteiger partial charge in [0.25, 0.3) is 5.69 Å². The van der Waals surface area contributed by atoms with Crippen LogP contribution in [-0.4, -0.2) is 17.0 Å². The fourth-order valence-electron chi connectivity index (χ4n) is 2.61. The Morgan fingerprint density at radius 1 is 1.15 bits per heavy atom. The predicted octanol–water partition coefficient (Wildman–Crippen LogP) is 3.79. The Balaban J connectivity index is 2.18. The number of nitro benzene ring substituents is 1. The number of ether oxygens (including phenoxy) is 1. The molecule has 7 nitrogen and oxygen atoms in total. The van der Waals surface area contributed by atoms with Crippen molar-refractivity contribution in [1.29, 1.82) is 5.26 Å². The third-order valence-corrected chi connectivity index (χ3v) is 3.91. The molecule has 0 aliphatic carbocycles. The van der Waals surface area contributed by atoms with Crippen LogP contribution >= 0.6 is 0 Å². The number of non-ortho nitro benzene ring substituents is 1. The van der Waals surface area contributed by atoms with E-state index in [1.54, 1.807) is 37.4 Å². The highest BCUT2D eigenvalue weighted by Crippen LogP contribution is 2.33. The number of rotatable bonds is 4. The average molecular weight is 346 g/mol. The molecule has 0 bridgehead atoms. The second-order valence-electron chi connectivity index (χ2n) is 5.46. The van der Waals surface area contributed by atoms with Gasteiger partial charge in [0.1, 0.15) is 23.2 Å². The Morgan fingerprint density at radius 2 is 1.88 bits per heavy atom. The van der Waals surface area contributed by atoms with E-state index in [0.717, 1.165) is 5.56 Å². The molecule has 0 spiro atoms. The highest BCUT2D eigenvalue weighted by Gasteiger charge is 2.15. The average Bonchev–Trinajstić information content (AvgIpc) is 2.67. The molecule has 7 heteroatoms. The molecule has 0 atom stereocenters. The number of aromatic nitrogens is 1. The Bertz CT molecular complexity index is 1020. The second-order valence-corrected chi connectivity index (χ2v) is 5.46. The molecule has 1 aromatic heterocycles. The van der Waals surface area contributed by atoms with Gasteiger partial charge in [-0.05, 0) is 35.9 Å². The van der Waals surface area contributed by atoms with Crippen LogP contribution in [-0.2, 0) is 0 Å². The number of nitrogen functional groups attached to an aromatic ring is 1. The van der Waals surface area contributed by atoms with Crippen LogP contribution in [0.2, 0.25) is 0 Å². The van der Waals surface area contributed by atoms with Crippen molar-refractivity contribution < 1.29 is 9.66 Å². The van der Waals surface area contributed by atoms with Gasteiger partial charge in [0.05, 0.1) is 17.7 Å². The van der Waals surface area contributed by atoms with Crippen molar-refractivity contribution >= 4 is 11.5 Å². The van der Waals surface area contributed by atoms with Crippen LogP contribution in [0.15, 0.2) is 54.6 Å². The van der Waals surface area contributed by atoms with Crippen molar-refractivity contribution in [3.05, 3.63) is 70.3 Å². The third kappa shape index (κ3) is 3.16. The molecule has 0 radical (unpaired) electrons. The summed E-state index contributed by atoms with van der Waals surface area (Å²) < 4.78 is 5.14. The van der Waals surface area contributed by atoms with Gasteiger partial charge >= 0.3 is 0 Å². The van der Waals surface area contributed by atoms with E-state index in [1.807, 2.05) is 18.2 Å². The highest BCUT2D eigenvalue weighted by molar-refractivity contribution is 5.81. The van der Waals surface area contributed by atoms with Crippen molar-refractivity contribution in [3.63, 3.8) is 0 Å². The molecular formula is C19H14N4O3. The maximum atomic E-state index is 11.0. The maximum absolute atomic E-state index is 11.0. The zero-order valence-corrected chi connectivity index (χ0v) is 13.8. The molecule has 0 saturated heterocycles. The largest absolute Gasteiger partial charge is 0.497 e. The second kappa shape index (κ2) is 6.91. The zero-order valence-electron chi connectivity index (χ0n) is 13.8. The minimum atomic E-state index is -0.482. The summed E-state index contributed by atoms with van der Waals surface area (Å²) >= 11 is 0. The van der Waals surface area contributed by atoms with Crippen LogP contribution in [0.4, 0.5) is 11.5 Å². The zero-order chi connectivity index (χ0) is 18.7. The van der Waals surface area contributed by atoms with Gasteiger partial charge in [-0.2, -0.15) is 5.26 Å². The summed E-state index contributed by atoms with van der Waals surface area (Å²) in [7, 11) is 1.58. The lowest BCUT2D eigenvalue weighted by molar-refractivity contribution is -0.384. The molecule has 0 aliphatic heterocycles. The van der Waals surface area contributed by atoms with Crippen LogP contribution in [0.3, 0.4) is 0 Å². The molecule has 26 heavy (non-hydrogen) atoms. The Labute approximate surface area is 149 Å². The number of pyridine rings is 1. The van der Waals surface area contributed by atoms with Crippen LogP contribution < -0.4 is 10.5 Å². The first-order chi connectivity index (χ1) is 12.5. The van der Waals surface area contributed by atoms with Gasteiger partial charge in [0.2, 0.25) is 0 Å². The van der Waals surface area contributed by atoms with E-state index in [4.69, 9.17) is 10.5 Å². The summed E-state index contributed by atoms with van der Waals surface area (Å²) in [5.74, 6) is 0.775. The molecular weight excluding hydrogens is 332 g/mol. The standard InChI is InChI=1S/C19H14N4O3/c1-26-15-7-5-12(6-8-15)18-10-16(17(11-20)19(21)22-18)13-3-2-4-14(9-13)23(24)25/h2-10H,1H3,(H2,21,22). The van der Waals surface area contributed by atoms with Crippen molar-refractivity contribution in [3.8, 4) is 34.2 Å². The summed E-state index contributed by atoms with van der Waals surface area (Å²) in [5, 5.41) is 20.5. The smallest absolute Gasteiger partial charge is 0.270 e. The Morgan fingerprint density at radius 3 is 2.50 bits per heavy atom. The molecule has 3 aromatic rings. The molecule has 2 aromatic carbocycles. The van der Waals surface area contributed by atoms with Crippen LogP contribution in [0.5, 0.6) is 5.75 Å². The van der Waals surface area contributed by atoms with E-state index in [9.17, 15) is 15.4 Å². The van der Waals surface area contributed by atoms with E-state index in [2.05, 4.69) is 4.98 Å². The number of methoxy groups -OCH3 is 1. The third-order valence-electron chi connectivity index (χ3n) is 3.91. The van der Waals surface area contributed by atoms with Gasteiger partial charge in [-0.3, -0.25) is 10.1 Å². The number of hydrogen-bond donors (Lipinski definition) is 1. The summed E-state index contributed by atoms with van der Waals surface area (Å²) in [6, 6.07) is 17.0. The normalized spacial score (nSPS) is 10.2. The number of anilines is 1. The number of nitrogens with zero attached hydrogens (tertiary/aromatic N) is 3. The lowest BCUT2D eigenvalue weighted by Gasteiger charge is -2.10. The van der Waals surface area contributed by atoms with Crippen molar-refractivity contribution in [1.82, 2.24) is 4.98 Å². The van der Waals surface area contributed by atoms with E-state index < -0.39 is 4.92 Å². The van der Waals surface area contributed by atoms with Gasteiger partial charge < -0.3 is 10.5 Å². The Hall–Kier alpha value is -3.92. The van der Waals surface area contributed by atoms with E-state index in [-0.39, 0.29) is 17.1 Å². The summed E-state index contributed by atoms with van der Waals surface area (Å²) in [4.78, 5) is 14.9. The topological polar surface area (TPSA) is 115 Å². The van der Waals surface area contributed by atoms with E-state index in [1.165, 1.54) is 12.1 Å². The number of nitrogens with two attached hydrogens (primary N) is 1. The SMILES string of the molecule is COc1ccc(-c2cc(-c3cccc([N+](=O)[O-])c3)c(C#N)c(N)n2)cc1. The molecule has 2 N–H and O–H groups in total. The minimum Gasteiger partial charge on any atom is -0.497 e. The van der Waals surface area contributed by atoms with E-state index in [0.29, 0.717) is 22.6 Å². The molecule has 0 unspecified atom stereocenters.